The second-order valence-corrected chi connectivity index (χ2v) is 5.50. The molecule has 2 heterocycles. The van der Waals surface area contributed by atoms with Gasteiger partial charge >= 0.3 is 5.69 Å². The van der Waals surface area contributed by atoms with Crippen molar-refractivity contribution in [1.82, 2.24) is 24.5 Å². The molecule has 1 N–H and O–H groups in total. The number of nitrogens with one attached hydrogen (secondary N) is 1. The highest BCUT2D eigenvalue weighted by Gasteiger charge is 2.07. The molecular formula is C12H19N5OS. The number of hydrogen-bond donors (Lipinski definition) is 1. The maximum atomic E-state index is 11.5. The Kier molecular flexibility index (Phi) is 4.84. The molecule has 2 aromatic heterocycles. The second-order valence-electron chi connectivity index (χ2n) is 4.44. The van der Waals surface area contributed by atoms with Crippen LogP contribution in [0.25, 0.3) is 0 Å². The SMILES string of the molecule is CCCn1c(SCCCc2cnn(C)c2)n[nH]c1=O. The Bertz CT molecular complexity index is 571. The van der Waals surface area contributed by atoms with Gasteiger partial charge < -0.3 is 0 Å². The Morgan fingerprint density at radius 3 is 3.00 bits per heavy atom. The first-order valence-electron chi connectivity index (χ1n) is 6.46. The molecule has 0 aliphatic heterocycles. The summed E-state index contributed by atoms with van der Waals surface area (Å²) in [5.41, 5.74) is 1.13. The maximum absolute atomic E-state index is 11.5. The molecule has 0 bridgehead atoms. The predicted molar refractivity (Wildman–Crippen MR) is 75.4 cm³/mol. The Morgan fingerprint density at radius 1 is 1.47 bits per heavy atom. The molecule has 7 heteroatoms. The summed E-state index contributed by atoms with van der Waals surface area (Å²) in [5.74, 6) is 0.947. The van der Waals surface area contributed by atoms with Gasteiger partial charge in [0, 0.05) is 25.5 Å². The summed E-state index contributed by atoms with van der Waals surface area (Å²) >= 11 is 1.63. The van der Waals surface area contributed by atoms with Gasteiger partial charge in [-0.2, -0.15) is 5.10 Å². The highest BCUT2D eigenvalue weighted by molar-refractivity contribution is 7.99. The molecule has 0 aliphatic rings. The topological polar surface area (TPSA) is 68.5 Å². The molecular weight excluding hydrogens is 262 g/mol. The molecule has 0 atom stereocenters. The third-order valence-corrected chi connectivity index (χ3v) is 3.83. The number of H-pyrrole nitrogens is 1. The van der Waals surface area contributed by atoms with Crippen molar-refractivity contribution < 1.29 is 0 Å². The summed E-state index contributed by atoms with van der Waals surface area (Å²) in [6.07, 6.45) is 6.91. The number of nitrogens with zero attached hydrogens (tertiary/aromatic N) is 4. The summed E-state index contributed by atoms with van der Waals surface area (Å²) in [5, 5.41) is 11.5. The monoisotopic (exact) mass is 281 g/mol. The lowest BCUT2D eigenvalue weighted by atomic mass is 10.2. The molecule has 19 heavy (non-hydrogen) atoms. The van der Waals surface area contributed by atoms with Gasteiger partial charge in [-0.1, -0.05) is 18.7 Å². The van der Waals surface area contributed by atoms with Gasteiger partial charge in [-0.25, -0.2) is 9.89 Å². The summed E-state index contributed by atoms with van der Waals surface area (Å²) < 4.78 is 3.52. The Hall–Kier alpha value is -1.50. The van der Waals surface area contributed by atoms with Crippen LogP contribution in [0.3, 0.4) is 0 Å². The van der Waals surface area contributed by atoms with Crippen molar-refractivity contribution in [2.75, 3.05) is 5.75 Å². The minimum Gasteiger partial charge on any atom is -0.276 e. The molecule has 2 aromatic rings. The van der Waals surface area contributed by atoms with E-state index >= 15 is 0 Å². The molecule has 0 fully saturated rings. The van der Waals surface area contributed by atoms with Crippen LogP contribution < -0.4 is 5.69 Å². The second kappa shape index (κ2) is 6.60. The zero-order valence-corrected chi connectivity index (χ0v) is 12.1. The first-order valence-corrected chi connectivity index (χ1v) is 7.44. The van der Waals surface area contributed by atoms with Crippen LogP contribution in [0.15, 0.2) is 22.3 Å². The Labute approximate surface area is 116 Å². The lowest BCUT2D eigenvalue weighted by Crippen LogP contribution is -2.17. The molecule has 0 saturated heterocycles. The van der Waals surface area contributed by atoms with E-state index in [9.17, 15) is 4.79 Å². The van der Waals surface area contributed by atoms with Gasteiger partial charge in [0.25, 0.3) is 0 Å². The van der Waals surface area contributed by atoms with E-state index < -0.39 is 0 Å². The standard InChI is InChI=1S/C12H19N5OS/c1-3-6-17-11(18)14-15-12(17)19-7-4-5-10-8-13-16(2)9-10/h8-9H,3-7H2,1-2H3,(H,14,18). The van der Waals surface area contributed by atoms with Gasteiger partial charge in [-0.3, -0.25) is 9.25 Å². The number of aryl methyl sites for hydroxylation is 2. The van der Waals surface area contributed by atoms with Gasteiger partial charge in [0.2, 0.25) is 0 Å². The van der Waals surface area contributed by atoms with Crippen LogP contribution in [0.2, 0.25) is 0 Å². The largest absolute Gasteiger partial charge is 0.343 e. The fraction of sp³-hybridized carbons (Fsp3) is 0.583. The molecule has 2 rings (SSSR count). The number of hydrogen-bond acceptors (Lipinski definition) is 4. The van der Waals surface area contributed by atoms with Crippen LogP contribution in [0, 0.1) is 0 Å². The van der Waals surface area contributed by atoms with Gasteiger partial charge in [-0.15, -0.1) is 5.10 Å². The Morgan fingerprint density at radius 2 is 2.32 bits per heavy atom. The fourth-order valence-corrected chi connectivity index (χ4v) is 2.79. The molecule has 0 aromatic carbocycles. The zero-order valence-electron chi connectivity index (χ0n) is 11.3. The zero-order chi connectivity index (χ0) is 13.7. The van der Waals surface area contributed by atoms with Gasteiger partial charge in [-0.05, 0) is 24.8 Å². The first kappa shape index (κ1) is 13.9. The van der Waals surface area contributed by atoms with Crippen molar-refractivity contribution in [3.05, 3.63) is 28.4 Å². The molecule has 6 nitrogen and oxygen atoms in total. The van der Waals surface area contributed by atoms with Crippen molar-refractivity contribution in [3.63, 3.8) is 0 Å². The minimum atomic E-state index is -0.114. The van der Waals surface area contributed by atoms with Crippen LogP contribution >= 0.6 is 11.8 Å². The molecule has 0 radical (unpaired) electrons. The van der Waals surface area contributed by atoms with Crippen LogP contribution in [-0.2, 0) is 20.0 Å². The van der Waals surface area contributed by atoms with Crippen molar-refractivity contribution in [2.45, 2.75) is 37.9 Å². The third kappa shape index (κ3) is 3.73. The maximum Gasteiger partial charge on any atom is 0.343 e. The van der Waals surface area contributed by atoms with Gasteiger partial charge in [0.1, 0.15) is 0 Å². The smallest absolute Gasteiger partial charge is 0.276 e. The number of aromatic amines is 1. The fourth-order valence-electron chi connectivity index (χ4n) is 1.87. The van der Waals surface area contributed by atoms with E-state index in [-0.39, 0.29) is 5.69 Å². The van der Waals surface area contributed by atoms with Crippen molar-refractivity contribution >= 4 is 11.8 Å². The average Bonchev–Trinajstić information content (AvgIpc) is 2.95. The van der Waals surface area contributed by atoms with E-state index in [4.69, 9.17) is 0 Å². The highest BCUT2D eigenvalue weighted by atomic mass is 32.2. The lowest BCUT2D eigenvalue weighted by Gasteiger charge is -2.02. The average molecular weight is 281 g/mol. The quantitative estimate of drug-likeness (QED) is 0.616. The van der Waals surface area contributed by atoms with Crippen molar-refractivity contribution in [2.24, 2.45) is 7.05 Å². The number of thioether (sulfide) groups is 1. The Balaban J connectivity index is 1.81. The van der Waals surface area contributed by atoms with Crippen LogP contribution in [0.4, 0.5) is 0 Å². The predicted octanol–water partition coefficient (Wildman–Crippen LogP) is 1.44. The van der Waals surface area contributed by atoms with Crippen LogP contribution in [0.1, 0.15) is 25.3 Å². The molecule has 0 unspecified atom stereocenters. The summed E-state index contributed by atoms with van der Waals surface area (Å²) in [6.45, 7) is 2.77. The van der Waals surface area contributed by atoms with Crippen LogP contribution in [0.5, 0.6) is 0 Å². The van der Waals surface area contributed by atoms with E-state index in [1.165, 1.54) is 5.56 Å². The number of aromatic nitrogens is 5. The lowest BCUT2D eigenvalue weighted by molar-refractivity contribution is 0.603. The van der Waals surface area contributed by atoms with Gasteiger partial charge in [0.15, 0.2) is 5.16 Å². The summed E-state index contributed by atoms with van der Waals surface area (Å²) in [6, 6.07) is 0. The van der Waals surface area contributed by atoms with Crippen molar-refractivity contribution in [1.29, 1.82) is 0 Å². The third-order valence-electron chi connectivity index (χ3n) is 2.77. The van der Waals surface area contributed by atoms with E-state index in [1.807, 2.05) is 24.1 Å². The molecule has 104 valence electrons. The van der Waals surface area contributed by atoms with Crippen LogP contribution in [-0.4, -0.2) is 30.3 Å². The normalized spacial score (nSPS) is 11.1. The van der Waals surface area contributed by atoms with Gasteiger partial charge in [0.05, 0.1) is 6.20 Å². The minimum absolute atomic E-state index is 0.114. The number of rotatable bonds is 7. The van der Waals surface area contributed by atoms with E-state index in [0.717, 1.165) is 36.7 Å². The van der Waals surface area contributed by atoms with E-state index in [0.29, 0.717) is 0 Å². The van der Waals surface area contributed by atoms with E-state index in [2.05, 4.69) is 22.2 Å². The molecule has 0 aliphatic carbocycles. The highest BCUT2D eigenvalue weighted by Crippen LogP contribution is 2.15. The summed E-state index contributed by atoms with van der Waals surface area (Å²) in [4.78, 5) is 11.5. The molecule has 0 amide bonds. The molecule has 0 saturated carbocycles. The van der Waals surface area contributed by atoms with Crippen molar-refractivity contribution in [3.8, 4) is 0 Å². The first-order chi connectivity index (χ1) is 9.20. The van der Waals surface area contributed by atoms with E-state index in [1.54, 1.807) is 16.3 Å². The molecule has 0 spiro atoms. The summed E-state index contributed by atoms with van der Waals surface area (Å²) in [7, 11) is 1.92.